The van der Waals surface area contributed by atoms with Crippen molar-refractivity contribution in [1.82, 2.24) is 4.90 Å². The van der Waals surface area contributed by atoms with E-state index in [-0.39, 0.29) is 11.0 Å². The maximum absolute atomic E-state index is 12.4. The molecule has 0 fully saturated rings. The Bertz CT molecular complexity index is 1050. The van der Waals surface area contributed by atoms with Gasteiger partial charge in [0.2, 0.25) is 0 Å². The standard InChI is InChI=1S/C26H32N2O3SSi/c1-26(2,3)33(21-13-9-7-10-14-21,22-15-11-8-12-16-22)31-18-20-17-23(27-19-28(4)5)24(32-20)25(29)30-6/h7-17,19H,18H2,1-6H3/b27-19+. The summed E-state index contributed by atoms with van der Waals surface area (Å²) in [6.45, 7) is 7.14. The molecule has 0 aliphatic rings. The summed E-state index contributed by atoms with van der Waals surface area (Å²) >= 11 is 1.38. The van der Waals surface area contributed by atoms with Crippen LogP contribution in [0.3, 0.4) is 0 Å². The van der Waals surface area contributed by atoms with Crippen LogP contribution in [0.2, 0.25) is 5.04 Å². The van der Waals surface area contributed by atoms with Crippen LogP contribution in [-0.2, 0) is 15.8 Å². The second-order valence-corrected chi connectivity index (χ2v) is 14.5. The van der Waals surface area contributed by atoms with Crippen LogP contribution in [0.25, 0.3) is 0 Å². The first-order valence-corrected chi connectivity index (χ1v) is 13.6. The number of benzene rings is 2. The molecule has 0 unspecified atom stereocenters. The second-order valence-electron chi connectivity index (χ2n) is 9.08. The topological polar surface area (TPSA) is 51.1 Å². The van der Waals surface area contributed by atoms with Crippen molar-refractivity contribution in [2.24, 2.45) is 4.99 Å². The minimum atomic E-state index is -2.67. The number of nitrogens with zero attached hydrogens (tertiary/aromatic N) is 2. The molecule has 0 aliphatic carbocycles. The Morgan fingerprint density at radius 2 is 1.58 bits per heavy atom. The van der Waals surface area contributed by atoms with Gasteiger partial charge < -0.3 is 14.1 Å². The van der Waals surface area contributed by atoms with E-state index in [1.807, 2.05) is 37.2 Å². The summed E-state index contributed by atoms with van der Waals surface area (Å²) in [5, 5.41) is 2.32. The summed E-state index contributed by atoms with van der Waals surface area (Å²) < 4.78 is 12.0. The van der Waals surface area contributed by atoms with E-state index in [0.717, 1.165) is 4.88 Å². The Morgan fingerprint density at radius 1 is 1.03 bits per heavy atom. The van der Waals surface area contributed by atoms with Crippen LogP contribution in [0.15, 0.2) is 71.7 Å². The quantitative estimate of drug-likeness (QED) is 0.201. The number of aliphatic imine (C=N–C) groups is 1. The summed E-state index contributed by atoms with van der Waals surface area (Å²) in [6.07, 6.45) is 1.68. The molecule has 0 bridgehead atoms. The average molecular weight is 481 g/mol. The highest BCUT2D eigenvalue weighted by molar-refractivity contribution is 7.14. The molecule has 0 N–H and O–H groups in total. The lowest BCUT2D eigenvalue weighted by Crippen LogP contribution is -2.66. The smallest absolute Gasteiger partial charge is 0.350 e. The Labute approximate surface area is 201 Å². The lowest BCUT2D eigenvalue weighted by Gasteiger charge is -2.43. The van der Waals surface area contributed by atoms with Gasteiger partial charge in [-0.2, -0.15) is 0 Å². The molecule has 0 saturated carbocycles. The molecule has 3 aromatic rings. The molecule has 0 saturated heterocycles. The first-order chi connectivity index (χ1) is 15.7. The molecule has 33 heavy (non-hydrogen) atoms. The van der Waals surface area contributed by atoms with Gasteiger partial charge in [0.15, 0.2) is 0 Å². The number of ether oxygens (including phenoxy) is 1. The summed E-state index contributed by atoms with van der Waals surface area (Å²) in [6, 6.07) is 23.0. The molecular weight excluding hydrogens is 448 g/mol. The normalized spacial score (nSPS) is 12.2. The van der Waals surface area contributed by atoms with E-state index in [4.69, 9.17) is 9.16 Å². The first kappa shape index (κ1) is 24.9. The Hall–Kier alpha value is -2.74. The van der Waals surface area contributed by atoms with Crippen LogP contribution in [0.5, 0.6) is 0 Å². The fraction of sp³-hybridized carbons (Fsp3) is 0.308. The summed E-state index contributed by atoms with van der Waals surface area (Å²) in [5.41, 5.74) is 0.599. The largest absolute Gasteiger partial charge is 0.465 e. The van der Waals surface area contributed by atoms with Crippen LogP contribution in [0, 0.1) is 0 Å². The predicted molar refractivity (Wildman–Crippen MR) is 140 cm³/mol. The molecule has 1 aromatic heterocycles. The molecular formula is C26H32N2O3SSi. The zero-order chi connectivity index (χ0) is 24.1. The van der Waals surface area contributed by atoms with Crippen molar-refractivity contribution in [2.45, 2.75) is 32.4 Å². The fourth-order valence-electron chi connectivity index (χ4n) is 3.96. The minimum Gasteiger partial charge on any atom is -0.465 e. The molecule has 0 radical (unpaired) electrons. The third kappa shape index (κ3) is 5.43. The van der Waals surface area contributed by atoms with Gasteiger partial charge in [0.1, 0.15) is 4.88 Å². The summed E-state index contributed by atoms with van der Waals surface area (Å²) in [7, 11) is 2.50. The van der Waals surface area contributed by atoms with E-state index >= 15 is 0 Å². The van der Waals surface area contributed by atoms with Crippen LogP contribution in [0.1, 0.15) is 35.3 Å². The third-order valence-corrected chi connectivity index (χ3v) is 11.5. The van der Waals surface area contributed by atoms with Gasteiger partial charge in [0.25, 0.3) is 8.32 Å². The zero-order valence-electron chi connectivity index (χ0n) is 20.2. The van der Waals surface area contributed by atoms with Crippen LogP contribution < -0.4 is 10.4 Å². The van der Waals surface area contributed by atoms with Crippen LogP contribution in [0.4, 0.5) is 5.69 Å². The molecule has 0 spiro atoms. The van der Waals surface area contributed by atoms with Crippen molar-refractivity contribution in [3.05, 3.63) is 76.5 Å². The minimum absolute atomic E-state index is 0.121. The zero-order valence-corrected chi connectivity index (χ0v) is 22.0. The highest BCUT2D eigenvalue weighted by Crippen LogP contribution is 2.38. The van der Waals surface area contributed by atoms with Crippen molar-refractivity contribution in [1.29, 1.82) is 0 Å². The van der Waals surface area contributed by atoms with Crippen molar-refractivity contribution >= 4 is 48.0 Å². The molecule has 2 aromatic carbocycles. The van der Waals surface area contributed by atoms with Crippen LogP contribution >= 0.6 is 11.3 Å². The Kier molecular flexibility index (Phi) is 7.89. The monoisotopic (exact) mass is 480 g/mol. The number of hydrogen-bond acceptors (Lipinski definition) is 5. The predicted octanol–water partition coefficient (Wildman–Crippen LogP) is 4.83. The highest BCUT2D eigenvalue weighted by atomic mass is 32.1. The molecule has 0 atom stereocenters. The van der Waals surface area contributed by atoms with Gasteiger partial charge in [-0.3, -0.25) is 0 Å². The molecule has 174 valence electrons. The van der Waals surface area contributed by atoms with Crippen LogP contribution in [-0.4, -0.2) is 46.7 Å². The van der Waals surface area contributed by atoms with Crippen molar-refractivity contribution in [3.8, 4) is 0 Å². The second kappa shape index (κ2) is 10.5. The number of hydrogen-bond donors (Lipinski definition) is 0. The van der Waals surface area contributed by atoms with Gasteiger partial charge in [-0.15, -0.1) is 11.3 Å². The maximum atomic E-state index is 12.4. The van der Waals surface area contributed by atoms with Gasteiger partial charge in [-0.25, -0.2) is 9.79 Å². The number of methoxy groups -OCH3 is 1. The van der Waals surface area contributed by atoms with Crippen molar-refractivity contribution in [3.63, 3.8) is 0 Å². The van der Waals surface area contributed by atoms with E-state index < -0.39 is 8.32 Å². The van der Waals surface area contributed by atoms with Gasteiger partial charge in [0.05, 0.1) is 25.7 Å². The molecule has 5 nitrogen and oxygen atoms in total. The van der Waals surface area contributed by atoms with Gasteiger partial charge in [-0.1, -0.05) is 81.4 Å². The lowest BCUT2D eigenvalue weighted by molar-refractivity contribution is 0.0607. The average Bonchev–Trinajstić information content (AvgIpc) is 3.21. The summed E-state index contributed by atoms with van der Waals surface area (Å²) in [5.74, 6) is -0.386. The third-order valence-electron chi connectivity index (χ3n) is 5.41. The Balaban J connectivity index is 2.06. The van der Waals surface area contributed by atoms with E-state index in [9.17, 15) is 4.79 Å². The lowest BCUT2D eigenvalue weighted by atomic mass is 10.2. The number of carbonyl (C=O) groups is 1. The number of carbonyl (C=O) groups excluding carboxylic acids is 1. The van der Waals surface area contributed by atoms with E-state index in [0.29, 0.717) is 17.2 Å². The fourth-order valence-corrected chi connectivity index (χ4v) is 9.52. The van der Waals surface area contributed by atoms with Gasteiger partial charge in [0, 0.05) is 19.0 Å². The maximum Gasteiger partial charge on any atom is 0.350 e. The van der Waals surface area contributed by atoms with Crippen molar-refractivity contribution in [2.75, 3.05) is 21.2 Å². The number of thiophene rings is 1. The van der Waals surface area contributed by atoms with E-state index in [1.165, 1.54) is 28.8 Å². The molecule has 0 aliphatic heterocycles. The van der Waals surface area contributed by atoms with Crippen molar-refractivity contribution < 1.29 is 14.0 Å². The molecule has 3 rings (SSSR count). The van der Waals surface area contributed by atoms with Gasteiger partial charge >= 0.3 is 5.97 Å². The van der Waals surface area contributed by atoms with E-state index in [2.05, 4.69) is 74.3 Å². The first-order valence-electron chi connectivity index (χ1n) is 10.9. The van der Waals surface area contributed by atoms with E-state index in [1.54, 1.807) is 6.34 Å². The molecule has 0 amide bonds. The molecule has 7 heteroatoms. The summed E-state index contributed by atoms with van der Waals surface area (Å²) in [4.78, 5) is 20.1. The molecule has 1 heterocycles. The highest BCUT2D eigenvalue weighted by Gasteiger charge is 2.50. The van der Waals surface area contributed by atoms with Gasteiger partial charge in [-0.05, 0) is 21.5 Å². The number of esters is 1. The SMILES string of the molecule is COC(=O)c1sc(CO[Si](c2ccccc2)(c2ccccc2)C(C)(C)C)cc1/N=C/N(C)C. The Morgan fingerprint density at radius 3 is 2.03 bits per heavy atom. The number of rotatable bonds is 8.